The minimum Gasteiger partial charge on any atom is -0.379 e. The van der Waals surface area contributed by atoms with Gasteiger partial charge in [-0.2, -0.15) is 4.31 Å². The van der Waals surface area contributed by atoms with Crippen molar-refractivity contribution in [3.05, 3.63) is 29.8 Å². The standard InChI is InChI=1S/C19H29N3O5S/c1-19(2,21-7-11-26-12-8-21)15-20-18(23)16-3-5-17(6-4-16)28(24,25)22-9-13-27-14-10-22/h3-6H,7-15H2,1-2H3,(H,20,23). The summed E-state index contributed by atoms with van der Waals surface area (Å²) in [5.41, 5.74) is 0.262. The van der Waals surface area contributed by atoms with Gasteiger partial charge in [0.15, 0.2) is 0 Å². The normalized spacial score (nSPS) is 20.1. The molecule has 2 saturated heterocycles. The van der Waals surface area contributed by atoms with Gasteiger partial charge in [0.25, 0.3) is 5.91 Å². The van der Waals surface area contributed by atoms with Gasteiger partial charge in [-0.05, 0) is 38.1 Å². The summed E-state index contributed by atoms with van der Waals surface area (Å²) in [6.07, 6.45) is 0. The van der Waals surface area contributed by atoms with E-state index in [-0.39, 0.29) is 16.3 Å². The smallest absolute Gasteiger partial charge is 0.251 e. The zero-order valence-corrected chi connectivity index (χ0v) is 17.3. The number of hydrogen-bond donors (Lipinski definition) is 1. The van der Waals surface area contributed by atoms with Crippen LogP contribution in [0.1, 0.15) is 24.2 Å². The first-order valence-corrected chi connectivity index (χ1v) is 11.0. The fourth-order valence-electron chi connectivity index (χ4n) is 3.39. The van der Waals surface area contributed by atoms with E-state index in [4.69, 9.17) is 9.47 Å². The molecule has 0 aliphatic carbocycles. The average molecular weight is 412 g/mol. The number of sulfonamides is 1. The number of nitrogens with one attached hydrogen (secondary N) is 1. The zero-order valence-electron chi connectivity index (χ0n) is 16.5. The molecule has 1 aromatic carbocycles. The Bertz CT molecular complexity index is 767. The Morgan fingerprint density at radius 3 is 2.11 bits per heavy atom. The van der Waals surface area contributed by atoms with E-state index in [2.05, 4.69) is 24.1 Å². The van der Waals surface area contributed by atoms with Gasteiger partial charge in [-0.15, -0.1) is 0 Å². The molecule has 0 spiro atoms. The molecule has 0 bridgehead atoms. The molecule has 2 aliphatic heterocycles. The van der Waals surface area contributed by atoms with E-state index in [0.717, 1.165) is 13.1 Å². The molecule has 156 valence electrons. The molecule has 1 aromatic rings. The summed E-state index contributed by atoms with van der Waals surface area (Å²) in [4.78, 5) is 15.0. The quantitative estimate of drug-likeness (QED) is 0.736. The van der Waals surface area contributed by atoms with Crippen LogP contribution in [0.4, 0.5) is 0 Å². The lowest BCUT2D eigenvalue weighted by molar-refractivity contribution is -0.00923. The highest BCUT2D eigenvalue weighted by atomic mass is 32.2. The van der Waals surface area contributed by atoms with E-state index < -0.39 is 10.0 Å². The van der Waals surface area contributed by atoms with Gasteiger partial charge in [-0.1, -0.05) is 0 Å². The third-order valence-electron chi connectivity index (χ3n) is 5.27. The molecule has 2 heterocycles. The van der Waals surface area contributed by atoms with E-state index in [1.54, 1.807) is 12.1 Å². The second kappa shape index (κ2) is 8.87. The van der Waals surface area contributed by atoms with E-state index in [0.29, 0.717) is 51.6 Å². The monoisotopic (exact) mass is 411 g/mol. The number of morpholine rings is 2. The molecule has 0 unspecified atom stereocenters. The van der Waals surface area contributed by atoms with E-state index in [1.807, 2.05) is 0 Å². The second-order valence-electron chi connectivity index (χ2n) is 7.64. The van der Waals surface area contributed by atoms with Gasteiger partial charge in [0.05, 0.1) is 31.3 Å². The van der Waals surface area contributed by atoms with Crippen molar-refractivity contribution in [1.82, 2.24) is 14.5 Å². The molecule has 1 amide bonds. The van der Waals surface area contributed by atoms with E-state index in [1.165, 1.54) is 16.4 Å². The van der Waals surface area contributed by atoms with Crippen LogP contribution in [0.2, 0.25) is 0 Å². The number of hydrogen-bond acceptors (Lipinski definition) is 6. The van der Waals surface area contributed by atoms with Crippen LogP contribution in [0.5, 0.6) is 0 Å². The predicted molar refractivity (Wildman–Crippen MR) is 105 cm³/mol. The highest BCUT2D eigenvalue weighted by Gasteiger charge is 2.29. The van der Waals surface area contributed by atoms with Crippen molar-refractivity contribution in [1.29, 1.82) is 0 Å². The maximum Gasteiger partial charge on any atom is 0.251 e. The lowest BCUT2D eigenvalue weighted by Crippen LogP contribution is -2.55. The van der Waals surface area contributed by atoms with Crippen LogP contribution in [0.15, 0.2) is 29.2 Å². The molecule has 8 nitrogen and oxygen atoms in total. The number of carbonyl (C=O) groups excluding carboxylic acids is 1. The Morgan fingerprint density at radius 2 is 1.54 bits per heavy atom. The van der Waals surface area contributed by atoms with Gasteiger partial charge in [0.1, 0.15) is 0 Å². The predicted octanol–water partition coefficient (Wildman–Crippen LogP) is 0.548. The van der Waals surface area contributed by atoms with Gasteiger partial charge in [-0.25, -0.2) is 8.42 Å². The highest BCUT2D eigenvalue weighted by Crippen LogP contribution is 2.18. The Labute approximate surface area is 166 Å². The summed E-state index contributed by atoms with van der Waals surface area (Å²) < 4.78 is 37.3. The third kappa shape index (κ3) is 4.90. The summed E-state index contributed by atoms with van der Waals surface area (Å²) >= 11 is 0. The van der Waals surface area contributed by atoms with Crippen LogP contribution in [-0.2, 0) is 19.5 Å². The Kier molecular flexibility index (Phi) is 6.72. The lowest BCUT2D eigenvalue weighted by Gasteiger charge is -2.40. The van der Waals surface area contributed by atoms with Crippen molar-refractivity contribution in [2.75, 3.05) is 59.2 Å². The van der Waals surface area contributed by atoms with Crippen LogP contribution in [0.3, 0.4) is 0 Å². The average Bonchev–Trinajstić information content (AvgIpc) is 2.73. The first-order valence-electron chi connectivity index (χ1n) is 9.60. The summed E-state index contributed by atoms with van der Waals surface area (Å²) in [6.45, 7) is 9.29. The van der Waals surface area contributed by atoms with Crippen LogP contribution < -0.4 is 5.32 Å². The molecular formula is C19H29N3O5S. The number of nitrogens with zero attached hydrogens (tertiary/aromatic N) is 2. The van der Waals surface area contributed by atoms with Crippen molar-refractivity contribution >= 4 is 15.9 Å². The number of ether oxygens (including phenoxy) is 2. The lowest BCUT2D eigenvalue weighted by atomic mass is 10.0. The van der Waals surface area contributed by atoms with Crippen molar-refractivity contribution in [2.24, 2.45) is 0 Å². The van der Waals surface area contributed by atoms with Gasteiger partial charge < -0.3 is 14.8 Å². The Hall–Kier alpha value is -1.52. The van der Waals surface area contributed by atoms with Crippen molar-refractivity contribution in [2.45, 2.75) is 24.3 Å². The molecule has 2 fully saturated rings. The minimum atomic E-state index is -3.55. The summed E-state index contributed by atoms with van der Waals surface area (Å²) in [6, 6.07) is 6.11. The van der Waals surface area contributed by atoms with Gasteiger partial charge >= 0.3 is 0 Å². The molecule has 0 aromatic heterocycles. The van der Waals surface area contributed by atoms with Gasteiger partial charge in [-0.3, -0.25) is 9.69 Å². The minimum absolute atomic E-state index is 0.181. The van der Waals surface area contributed by atoms with Crippen LogP contribution in [-0.4, -0.2) is 88.2 Å². The molecule has 1 N–H and O–H groups in total. The molecule has 9 heteroatoms. The number of benzene rings is 1. The van der Waals surface area contributed by atoms with Gasteiger partial charge in [0, 0.05) is 43.8 Å². The van der Waals surface area contributed by atoms with Crippen molar-refractivity contribution < 1.29 is 22.7 Å². The summed E-state index contributed by atoms with van der Waals surface area (Å²) in [5.74, 6) is -0.211. The second-order valence-corrected chi connectivity index (χ2v) is 9.57. The van der Waals surface area contributed by atoms with Crippen LogP contribution in [0, 0.1) is 0 Å². The summed E-state index contributed by atoms with van der Waals surface area (Å²) in [7, 11) is -3.55. The maximum absolute atomic E-state index is 12.7. The van der Waals surface area contributed by atoms with E-state index in [9.17, 15) is 13.2 Å². The SMILES string of the molecule is CC(C)(CNC(=O)c1ccc(S(=O)(=O)N2CCOCC2)cc1)N1CCOCC1. The fraction of sp³-hybridized carbons (Fsp3) is 0.632. The number of amides is 1. The zero-order chi connectivity index (χ0) is 20.2. The van der Waals surface area contributed by atoms with Crippen LogP contribution in [0.25, 0.3) is 0 Å². The first-order chi connectivity index (χ1) is 13.3. The molecule has 28 heavy (non-hydrogen) atoms. The molecule has 2 aliphatic rings. The Balaban J connectivity index is 1.60. The highest BCUT2D eigenvalue weighted by molar-refractivity contribution is 7.89. The largest absolute Gasteiger partial charge is 0.379 e. The van der Waals surface area contributed by atoms with E-state index >= 15 is 0 Å². The Morgan fingerprint density at radius 1 is 1.00 bits per heavy atom. The first kappa shape index (κ1) is 21.2. The molecule has 3 rings (SSSR count). The molecule has 0 atom stereocenters. The number of carbonyl (C=O) groups is 1. The van der Waals surface area contributed by atoms with Crippen molar-refractivity contribution in [3.8, 4) is 0 Å². The fourth-order valence-corrected chi connectivity index (χ4v) is 4.80. The van der Waals surface area contributed by atoms with Crippen LogP contribution >= 0.6 is 0 Å². The molecular weight excluding hydrogens is 382 g/mol. The van der Waals surface area contributed by atoms with Gasteiger partial charge in [0.2, 0.25) is 10.0 Å². The molecule has 0 radical (unpaired) electrons. The van der Waals surface area contributed by atoms with Crippen molar-refractivity contribution in [3.63, 3.8) is 0 Å². The third-order valence-corrected chi connectivity index (χ3v) is 7.19. The maximum atomic E-state index is 12.7. The topological polar surface area (TPSA) is 88.2 Å². The number of rotatable bonds is 6. The summed E-state index contributed by atoms with van der Waals surface area (Å²) in [5, 5.41) is 2.96. The molecule has 0 saturated carbocycles.